The van der Waals surface area contributed by atoms with E-state index >= 15 is 0 Å². The molecular formula is C29H28N2O6. The number of nitrogens with zero attached hydrogens (tertiary/aromatic N) is 2. The van der Waals surface area contributed by atoms with E-state index in [1.54, 1.807) is 36.4 Å². The van der Waals surface area contributed by atoms with Crippen LogP contribution in [0.2, 0.25) is 0 Å². The van der Waals surface area contributed by atoms with Crippen molar-refractivity contribution < 1.29 is 24.4 Å². The first-order chi connectivity index (χ1) is 17.6. The molecule has 1 atom stereocenters. The summed E-state index contributed by atoms with van der Waals surface area (Å²) in [4.78, 5) is 38.5. The molecule has 1 amide bonds. The number of hydrogen-bond donors (Lipinski definition) is 1. The number of carbonyl (C=O) groups excluding carboxylic acids is 2. The molecule has 1 N–H and O–H groups in total. The van der Waals surface area contributed by atoms with Crippen LogP contribution >= 0.6 is 0 Å². The number of hydrogen-bond acceptors (Lipinski definition) is 6. The zero-order chi connectivity index (χ0) is 26.9. The molecule has 1 saturated heterocycles. The number of ether oxygens (including phenoxy) is 1. The maximum Gasteiger partial charge on any atom is 0.300 e. The number of carbonyl (C=O) groups is 2. The van der Waals surface area contributed by atoms with E-state index in [1.807, 2.05) is 26.0 Å². The Morgan fingerprint density at radius 3 is 2.03 bits per heavy atom. The molecule has 8 heteroatoms. The van der Waals surface area contributed by atoms with Crippen LogP contribution in [0, 0.1) is 10.1 Å². The van der Waals surface area contributed by atoms with Gasteiger partial charge in [-0.2, -0.15) is 0 Å². The summed E-state index contributed by atoms with van der Waals surface area (Å²) in [6.45, 7) is 7.94. The number of nitro benzene ring substituents is 1. The van der Waals surface area contributed by atoms with E-state index in [9.17, 15) is 24.8 Å². The van der Waals surface area contributed by atoms with Crippen LogP contribution in [-0.4, -0.2) is 27.8 Å². The second kappa shape index (κ2) is 10.3. The summed E-state index contributed by atoms with van der Waals surface area (Å²) in [6, 6.07) is 18.7. The molecule has 0 aromatic heterocycles. The number of aliphatic hydroxyl groups is 1. The topological polar surface area (TPSA) is 110 Å². The number of aliphatic hydroxyl groups excluding tert-OH is 1. The Balaban J connectivity index is 1.86. The summed E-state index contributed by atoms with van der Waals surface area (Å²) in [7, 11) is 0. The van der Waals surface area contributed by atoms with E-state index in [4.69, 9.17) is 4.74 Å². The molecule has 3 aromatic carbocycles. The molecule has 190 valence electrons. The van der Waals surface area contributed by atoms with Gasteiger partial charge in [0, 0.05) is 23.4 Å². The van der Waals surface area contributed by atoms with Crippen LogP contribution in [0.25, 0.3) is 5.76 Å². The van der Waals surface area contributed by atoms with Crippen molar-refractivity contribution in [2.75, 3.05) is 4.90 Å². The van der Waals surface area contributed by atoms with Crippen molar-refractivity contribution in [3.8, 4) is 5.75 Å². The average Bonchev–Trinajstić information content (AvgIpc) is 3.14. The molecule has 0 saturated carbocycles. The van der Waals surface area contributed by atoms with Crippen molar-refractivity contribution in [2.24, 2.45) is 0 Å². The highest BCUT2D eigenvalue weighted by molar-refractivity contribution is 6.51. The Hall–Kier alpha value is -4.46. The van der Waals surface area contributed by atoms with Crippen LogP contribution in [0.15, 0.2) is 78.4 Å². The third-order valence-electron chi connectivity index (χ3n) is 6.20. The Bertz CT molecular complexity index is 1360. The van der Waals surface area contributed by atoms with E-state index in [-0.39, 0.29) is 28.8 Å². The van der Waals surface area contributed by atoms with Crippen LogP contribution in [0.1, 0.15) is 56.3 Å². The molecule has 1 heterocycles. The van der Waals surface area contributed by atoms with Gasteiger partial charge in [0.2, 0.25) is 0 Å². The molecular weight excluding hydrogens is 472 g/mol. The van der Waals surface area contributed by atoms with Crippen LogP contribution in [0.3, 0.4) is 0 Å². The predicted molar refractivity (Wildman–Crippen MR) is 141 cm³/mol. The van der Waals surface area contributed by atoms with Crippen molar-refractivity contribution in [3.05, 3.63) is 105 Å². The maximum atomic E-state index is 13.3. The van der Waals surface area contributed by atoms with Gasteiger partial charge in [-0.3, -0.25) is 24.6 Å². The molecule has 1 unspecified atom stereocenters. The van der Waals surface area contributed by atoms with Gasteiger partial charge in [-0.05, 0) is 67.3 Å². The summed E-state index contributed by atoms with van der Waals surface area (Å²) >= 11 is 0. The number of benzene rings is 3. The Labute approximate surface area is 215 Å². The molecule has 1 fully saturated rings. The third kappa shape index (κ3) is 5.09. The molecule has 0 radical (unpaired) electrons. The summed E-state index contributed by atoms with van der Waals surface area (Å²) < 4.78 is 5.73. The van der Waals surface area contributed by atoms with Gasteiger partial charge in [-0.25, -0.2) is 0 Å². The second-order valence-corrected chi connectivity index (χ2v) is 9.45. The van der Waals surface area contributed by atoms with E-state index in [1.165, 1.54) is 29.2 Å². The zero-order valence-corrected chi connectivity index (χ0v) is 21.0. The molecule has 37 heavy (non-hydrogen) atoms. The van der Waals surface area contributed by atoms with Gasteiger partial charge < -0.3 is 9.84 Å². The lowest BCUT2D eigenvalue weighted by molar-refractivity contribution is -0.384. The van der Waals surface area contributed by atoms with E-state index in [2.05, 4.69) is 13.8 Å². The van der Waals surface area contributed by atoms with Crippen LogP contribution in [-0.2, 0) is 9.59 Å². The van der Waals surface area contributed by atoms with E-state index < -0.39 is 28.4 Å². The number of ketones is 1. The largest absolute Gasteiger partial charge is 0.507 e. The smallest absolute Gasteiger partial charge is 0.300 e. The van der Waals surface area contributed by atoms with Gasteiger partial charge in [0.1, 0.15) is 11.5 Å². The van der Waals surface area contributed by atoms with Crippen molar-refractivity contribution in [3.63, 3.8) is 0 Å². The minimum Gasteiger partial charge on any atom is -0.507 e. The molecule has 3 aromatic rings. The van der Waals surface area contributed by atoms with Crippen LogP contribution in [0.5, 0.6) is 5.75 Å². The van der Waals surface area contributed by atoms with Gasteiger partial charge in [0.05, 0.1) is 22.6 Å². The average molecular weight is 501 g/mol. The summed E-state index contributed by atoms with van der Waals surface area (Å²) in [6.07, 6.45) is -0.0295. The van der Waals surface area contributed by atoms with Crippen molar-refractivity contribution in [2.45, 2.75) is 45.8 Å². The van der Waals surface area contributed by atoms with Gasteiger partial charge in [-0.1, -0.05) is 38.1 Å². The maximum absolute atomic E-state index is 13.3. The normalized spacial score (nSPS) is 17.0. The minimum absolute atomic E-state index is 0.0295. The SMILES string of the molecule is CC(C)Oc1ccc(C2/C(=C(/O)c3ccc([N+](=O)[O-])cc3)C(=O)C(=O)N2c2ccc(C(C)C)cc2)cc1. The fourth-order valence-electron chi connectivity index (χ4n) is 4.33. The molecule has 8 nitrogen and oxygen atoms in total. The van der Waals surface area contributed by atoms with Crippen LogP contribution < -0.4 is 9.64 Å². The van der Waals surface area contributed by atoms with E-state index in [0.29, 0.717) is 17.0 Å². The molecule has 0 spiro atoms. The first-order valence-corrected chi connectivity index (χ1v) is 12.0. The first-order valence-electron chi connectivity index (χ1n) is 12.0. The highest BCUT2D eigenvalue weighted by Crippen LogP contribution is 2.42. The fourth-order valence-corrected chi connectivity index (χ4v) is 4.33. The number of rotatable bonds is 7. The summed E-state index contributed by atoms with van der Waals surface area (Å²) in [5, 5.41) is 22.3. The van der Waals surface area contributed by atoms with Gasteiger partial charge >= 0.3 is 0 Å². The Kier molecular flexibility index (Phi) is 7.11. The first kappa shape index (κ1) is 25.6. The number of Topliss-reactive ketones (excluding diaryl/α,β-unsaturated/α-hetero) is 1. The molecule has 1 aliphatic rings. The number of amides is 1. The molecule has 4 rings (SSSR count). The minimum atomic E-state index is -0.909. The zero-order valence-electron chi connectivity index (χ0n) is 21.0. The highest BCUT2D eigenvalue weighted by atomic mass is 16.6. The molecule has 0 bridgehead atoms. The van der Waals surface area contributed by atoms with Crippen molar-refractivity contribution in [1.29, 1.82) is 0 Å². The predicted octanol–water partition coefficient (Wildman–Crippen LogP) is 6.13. The van der Waals surface area contributed by atoms with E-state index in [0.717, 1.165) is 5.56 Å². The highest BCUT2D eigenvalue weighted by Gasteiger charge is 2.47. The lowest BCUT2D eigenvalue weighted by Gasteiger charge is -2.26. The number of anilines is 1. The number of non-ortho nitro benzene ring substituents is 1. The third-order valence-corrected chi connectivity index (χ3v) is 6.20. The summed E-state index contributed by atoms with van der Waals surface area (Å²) in [5.74, 6) is -1.09. The lowest BCUT2D eigenvalue weighted by atomic mass is 9.94. The quantitative estimate of drug-likeness (QED) is 0.137. The van der Waals surface area contributed by atoms with Crippen molar-refractivity contribution in [1.82, 2.24) is 0 Å². The Morgan fingerprint density at radius 2 is 1.51 bits per heavy atom. The standard InChI is InChI=1S/C29H28N2O6/c1-17(2)19-5-11-22(12-6-19)30-26(20-9-15-24(16-10-20)37-18(3)4)25(28(33)29(30)34)27(32)21-7-13-23(14-8-21)31(35)36/h5-18,26,32H,1-4H3/b27-25-. The molecule has 1 aliphatic heterocycles. The van der Waals surface area contributed by atoms with Gasteiger partial charge in [-0.15, -0.1) is 0 Å². The summed E-state index contributed by atoms with van der Waals surface area (Å²) in [5.41, 5.74) is 2.15. The lowest BCUT2D eigenvalue weighted by Crippen LogP contribution is -2.29. The monoisotopic (exact) mass is 500 g/mol. The number of nitro groups is 1. The fraction of sp³-hybridized carbons (Fsp3) is 0.241. The second-order valence-electron chi connectivity index (χ2n) is 9.45. The Morgan fingerprint density at radius 1 is 0.919 bits per heavy atom. The van der Waals surface area contributed by atoms with Gasteiger partial charge in [0.15, 0.2) is 0 Å². The molecule has 0 aliphatic carbocycles. The van der Waals surface area contributed by atoms with Crippen molar-refractivity contribution >= 4 is 28.8 Å². The van der Waals surface area contributed by atoms with Crippen LogP contribution in [0.4, 0.5) is 11.4 Å². The van der Waals surface area contributed by atoms with Gasteiger partial charge in [0.25, 0.3) is 17.4 Å².